The predicted octanol–water partition coefficient (Wildman–Crippen LogP) is 4.96. The zero-order valence-electron chi connectivity index (χ0n) is 13.8. The monoisotopic (exact) mass is 467 g/mol. The number of hydrogen-bond acceptors (Lipinski definition) is 4. The number of hydrogen-bond donors (Lipinski definition) is 4. The molecule has 4 N–H and O–H groups in total. The minimum atomic E-state index is -1.10. The van der Waals surface area contributed by atoms with E-state index in [1.807, 2.05) is 24.3 Å². The Morgan fingerprint density at radius 3 is 2.32 bits per heavy atom. The Balaban J connectivity index is 2.05. The summed E-state index contributed by atoms with van der Waals surface area (Å²) in [4.78, 5) is 0. The minimum Gasteiger partial charge on any atom is -0.508 e. The number of aromatic hydroxyl groups is 1. The molecule has 0 aromatic heterocycles. The maximum absolute atomic E-state index is 10.6. The Kier molecular flexibility index (Phi) is 4.88. The fraction of sp³-hybridized carbons (Fsp3) is 0.263. The molecule has 4 nitrogen and oxygen atoms in total. The van der Waals surface area contributed by atoms with Crippen molar-refractivity contribution in [3.8, 4) is 5.75 Å². The van der Waals surface area contributed by atoms with Gasteiger partial charge in [-0.1, -0.05) is 24.3 Å². The Morgan fingerprint density at radius 1 is 1.08 bits per heavy atom. The number of rotatable bonds is 3. The fourth-order valence-electron chi connectivity index (χ4n) is 3.17. The number of aliphatic hydroxyl groups is 2. The van der Waals surface area contributed by atoms with E-state index in [1.165, 1.54) is 0 Å². The van der Waals surface area contributed by atoms with Crippen molar-refractivity contribution < 1.29 is 15.3 Å². The number of phenolic OH excluding ortho intramolecular Hbond substituents is 1. The van der Waals surface area contributed by atoms with Crippen molar-refractivity contribution in [3.05, 3.63) is 68.4 Å². The van der Waals surface area contributed by atoms with Crippen LogP contribution in [0.15, 0.2) is 68.4 Å². The molecule has 0 amide bonds. The summed E-state index contributed by atoms with van der Waals surface area (Å²) in [6.07, 6.45) is 9.35. The minimum absolute atomic E-state index is 0.109. The second-order valence-electron chi connectivity index (χ2n) is 6.68. The van der Waals surface area contributed by atoms with E-state index in [-0.39, 0.29) is 23.5 Å². The summed E-state index contributed by atoms with van der Waals surface area (Å²) >= 11 is 6.67. The first-order valence-corrected chi connectivity index (χ1v) is 9.44. The van der Waals surface area contributed by atoms with Crippen LogP contribution < -0.4 is 5.32 Å². The Morgan fingerprint density at radius 2 is 1.72 bits per heavy atom. The summed E-state index contributed by atoms with van der Waals surface area (Å²) in [7, 11) is 0. The first-order valence-electron chi connectivity index (χ1n) is 7.85. The third-order valence-corrected chi connectivity index (χ3v) is 5.60. The smallest absolute Gasteiger partial charge is 0.144 e. The van der Waals surface area contributed by atoms with Gasteiger partial charge in [0.05, 0.1) is 20.6 Å². The molecular formula is C19H19Br2NO3. The lowest BCUT2D eigenvalue weighted by molar-refractivity contribution is 0.111. The number of nitrogens with one attached hydrogen (secondary N) is 1. The van der Waals surface area contributed by atoms with E-state index in [0.29, 0.717) is 14.5 Å². The number of benzene rings is 1. The molecule has 2 atom stereocenters. The molecule has 0 spiro atoms. The first kappa shape index (κ1) is 18.3. The molecule has 2 aliphatic rings. The van der Waals surface area contributed by atoms with Gasteiger partial charge in [-0.15, -0.1) is 0 Å². The summed E-state index contributed by atoms with van der Waals surface area (Å²) in [6, 6.07) is 3.32. The van der Waals surface area contributed by atoms with Crippen LogP contribution in [-0.2, 0) is 0 Å². The highest BCUT2D eigenvalue weighted by molar-refractivity contribution is 9.11. The summed E-state index contributed by atoms with van der Waals surface area (Å²) in [5, 5.41) is 34.3. The highest BCUT2D eigenvalue weighted by Crippen LogP contribution is 2.41. The van der Waals surface area contributed by atoms with Gasteiger partial charge in [-0.25, -0.2) is 0 Å². The number of phenols is 1. The normalized spacial score (nSPS) is 22.7. The largest absolute Gasteiger partial charge is 0.508 e. The average Bonchev–Trinajstić information content (AvgIpc) is 2.54. The van der Waals surface area contributed by atoms with Crippen LogP contribution in [0.2, 0.25) is 0 Å². The molecule has 25 heavy (non-hydrogen) atoms. The van der Waals surface area contributed by atoms with Crippen LogP contribution >= 0.6 is 31.9 Å². The van der Waals surface area contributed by atoms with Gasteiger partial charge in [0.15, 0.2) is 0 Å². The van der Waals surface area contributed by atoms with E-state index in [9.17, 15) is 15.3 Å². The van der Waals surface area contributed by atoms with Crippen molar-refractivity contribution in [1.29, 1.82) is 0 Å². The lowest BCUT2D eigenvalue weighted by Crippen LogP contribution is -2.42. The lowest BCUT2D eigenvalue weighted by Gasteiger charge is -2.39. The average molecular weight is 469 g/mol. The van der Waals surface area contributed by atoms with Gasteiger partial charge in [-0.05, 0) is 69.5 Å². The number of anilines is 1. The maximum Gasteiger partial charge on any atom is 0.144 e. The molecule has 6 heteroatoms. The summed E-state index contributed by atoms with van der Waals surface area (Å²) < 4.78 is 1.12. The van der Waals surface area contributed by atoms with E-state index >= 15 is 0 Å². The van der Waals surface area contributed by atoms with Crippen LogP contribution in [0, 0.1) is 5.92 Å². The predicted molar refractivity (Wildman–Crippen MR) is 107 cm³/mol. The Labute approximate surface area is 163 Å². The van der Waals surface area contributed by atoms with Crippen LogP contribution in [0.4, 0.5) is 5.69 Å². The van der Waals surface area contributed by atoms with E-state index in [1.54, 1.807) is 32.1 Å². The lowest BCUT2D eigenvalue weighted by atomic mass is 9.74. The van der Waals surface area contributed by atoms with Gasteiger partial charge in [0, 0.05) is 17.2 Å². The molecule has 0 radical (unpaired) electrons. The molecule has 0 heterocycles. The van der Waals surface area contributed by atoms with Gasteiger partial charge in [0.1, 0.15) is 11.5 Å². The van der Waals surface area contributed by atoms with Crippen molar-refractivity contribution in [3.63, 3.8) is 0 Å². The van der Waals surface area contributed by atoms with E-state index in [4.69, 9.17) is 0 Å². The third-order valence-electron chi connectivity index (χ3n) is 4.39. The molecule has 0 bridgehead atoms. The van der Waals surface area contributed by atoms with Gasteiger partial charge in [-0.2, -0.15) is 0 Å². The van der Waals surface area contributed by atoms with E-state index in [0.717, 1.165) is 11.3 Å². The SMILES string of the molecule is CC(C)(O)C1=CC(O)=C2C=CC=CC2C1Nc1cc(Br)c(O)c(Br)c1. The molecule has 0 fully saturated rings. The second-order valence-corrected chi connectivity index (χ2v) is 8.39. The molecule has 2 aliphatic carbocycles. The third kappa shape index (κ3) is 3.57. The Hall–Kier alpha value is -1.50. The molecule has 132 valence electrons. The topological polar surface area (TPSA) is 72.7 Å². The van der Waals surface area contributed by atoms with Crippen LogP contribution in [0.5, 0.6) is 5.75 Å². The first-order chi connectivity index (χ1) is 11.7. The van der Waals surface area contributed by atoms with Crippen LogP contribution in [0.25, 0.3) is 0 Å². The summed E-state index contributed by atoms with van der Waals surface area (Å²) in [5.41, 5.74) is 1.18. The van der Waals surface area contributed by atoms with Gasteiger partial charge in [0.2, 0.25) is 0 Å². The molecule has 0 saturated heterocycles. The molecule has 1 aromatic carbocycles. The molecular weight excluding hydrogens is 450 g/mol. The van der Waals surface area contributed by atoms with Crippen LogP contribution in [-0.4, -0.2) is 27.0 Å². The Bertz CT molecular complexity index is 809. The van der Waals surface area contributed by atoms with E-state index in [2.05, 4.69) is 37.2 Å². The summed E-state index contributed by atoms with van der Waals surface area (Å²) in [6.45, 7) is 3.41. The number of allylic oxidation sites excluding steroid dienone is 4. The summed E-state index contributed by atoms with van der Waals surface area (Å²) in [5.74, 6) is 0.197. The molecule has 0 aliphatic heterocycles. The van der Waals surface area contributed by atoms with Crippen LogP contribution in [0.1, 0.15) is 13.8 Å². The quantitative estimate of drug-likeness (QED) is 0.473. The number of aliphatic hydroxyl groups excluding tert-OH is 1. The highest BCUT2D eigenvalue weighted by atomic mass is 79.9. The molecule has 1 aromatic rings. The van der Waals surface area contributed by atoms with Crippen molar-refractivity contribution >= 4 is 37.5 Å². The zero-order chi connectivity index (χ0) is 18.4. The number of halogens is 2. The fourth-order valence-corrected chi connectivity index (χ4v) is 4.36. The number of fused-ring (bicyclic) bond motifs is 1. The highest BCUT2D eigenvalue weighted by Gasteiger charge is 2.38. The van der Waals surface area contributed by atoms with Crippen molar-refractivity contribution in [1.82, 2.24) is 0 Å². The molecule has 0 saturated carbocycles. The van der Waals surface area contributed by atoms with Crippen molar-refractivity contribution in [2.75, 3.05) is 5.32 Å². The van der Waals surface area contributed by atoms with Gasteiger partial charge in [-0.3, -0.25) is 0 Å². The zero-order valence-corrected chi connectivity index (χ0v) is 17.0. The van der Waals surface area contributed by atoms with Crippen molar-refractivity contribution in [2.24, 2.45) is 5.92 Å². The van der Waals surface area contributed by atoms with Gasteiger partial charge < -0.3 is 20.6 Å². The van der Waals surface area contributed by atoms with E-state index < -0.39 is 5.60 Å². The standard InChI is InChI=1S/C19H19Br2NO3/c1-19(2,25)13-9-16(23)11-5-3-4-6-12(11)17(13)22-10-7-14(20)18(24)15(21)8-10/h3-9,12,17,22-25H,1-2H3. The van der Waals surface area contributed by atoms with Crippen molar-refractivity contribution in [2.45, 2.75) is 25.5 Å². The second kappa shape index (κ2) is 6.67. The maximum atomic E-state index is 10.6. The van der Waals surface area contributed by atoms with Gasteiger partial charge >= 0.3 is 0 Å². The van der Waals surface area contributed by atoms with Crippen LogP contribution in [0.3, 0.4) is 0 Å². The molecule has 3 rings (SSSR count). The van der Waals surface area contributed by atoms with Gasteiger partial charge in [0.25, 0.3) is 0 Å². The molecule has 2 unspecified atom stereocenters.